The average molecular weight is 140 g/mol. The molecule has 0 amide bonds. The zero-order valence-corrected chi connectivity index (χ0v) is 6.80. The minimum Gasteiger partial charge on any atom is -0.513 e. The first kappa shape index (κ1) is 9.28. The molecule has 0 aliphatic carbocycles. The van der Waals surface area contributed by atoms with Crippen molar-refractivity contribution in [2.45, 2.75) is 33.1 Å². The highest BCUT2D eigenvalue weighted by molar-refractivity contribution is 4.96. The summed E-state index contributed by atoms with van der Waals surface area (Å²) >= 11 is 0. The molecule has 0 saturated heterocycles. The second-order valence-electron chi connectivity index (χ2n) is 2.16. The molecule has 0 bridgehead atoms. The highest BCUT2D eigenvalue weighted by atomic mass is 16.3. The smallest absolute Gasteiger partial charge is 0.0883 e. The largest absolute Gasteiger partial charge is 0.513 e. The fourth-order valence-electron chi connectivity index (χ4n) is 0.611. The summed E-state index contributed by atoms with van der Waals surface area (Å²) in [4.78, 5) is 0. The van der Waals surface area contributed by atoms with E-state index in [2.05, 4.69) is 19.1 Å². The molecule has 1 nitrogen and oxygen atoms in total. The van der Waals surface area contributed by atoms with Crippen LogP contribution >= 0.6 is 0 Å². The second kappa shape index (κ2) is 6.40. The quantitative estimate of drug-likeness (QED) is 0.469. The normalized spacial score (nSPS) is 12.8. The van der Waals surface area contributed by atoms with Gasteiger partial charge in [-0.05, 0) is 18.9 Å². The molecule has 58 valence electrons. The summed E-state index contributed by atoms with van der Waals surface area (Å²) in [5.74, 6) is 0.487. The van der Waals surface area contributed by atoms with Crippen LogP contribution in [0.1, 0.15) is 33.1 Å². The molecule has 0 aliphatic heterocycles. The summed E-state index contributed by atoms with van der Waals surface area (Å²) in [7, 11) is 0. The van der Waals surface area contributed by atoms with Gasteiger partial charge in [0.1, 0.15) is 0 Å². The van der Waals surface area contributed by atoms with Crippen LogP contribution in [-0.2, 0) is 0 Å². The van der Waals surface area contributed by atoms with Gasteiger partial charge < -0.3 is 5.11 Å². The van der Waals surface area contributed by atoms with Gasteiger partial charge in [0.15, 0.2) is 0 Å². The van der Waals surface area contributed by atoms with Crippen molar-refractivity contribution in [3.63, 3.8) is 0 Å². The lowest BCUT2D eigenvalue weighted by Gasteiger charge is -1.89. The van der Waals surface area contributed by atoms with E-state index < -0.39 is 0 Å². The molecule has 0 heterocycles. The number of rotatable bonds is 4. The first-order valence-corrected chi connectivity index (χ1v) is 3.84. The Morgan fingerprint density at radius 1 is 1.30 bits per heavy atom. The third-order valence-corrected chi connectivity index (χ3v) is 1.25. The van der Waals surface area contributed by atoms with Gasteiger partial charge in [-0.3, -0.25) is 0 Å². The minimum absolute atomic E-state index is 0.487. The third-order valence-electron chi connectivity index (χ3n) is 1.25. The van der Waals surface area contributed by atoms with E-state index in [1.807, 2.05) is 13.0 Å². The van der Waals surface area contributed by atoms with E-state index >= 15 is 0 Å². The van der Waals surface area contributed by atoms with Crippen molar-refractivity contribution in [2.75, 3.05) is 0 Å². The van der Waals surface area contributed by atoms with Gasteiger partial charge in [-0.15, -0.1) is 0 Å². The molecule has 1 heteroatoms. The third kappa shape index (κ3) is 5.42. The predicted octanol–water partition coefficient (Wildman–Crippen LogP) is 3.19. The van der Waals surface area contributed by atoms with Crippen LogP contribution in [0.15, 0.2) is 24.0 Å². The van der Waals surface area contributed by atoms with Gasteiger partial charge in [-0.2, -0.15) is 0 Å². The van der Waals surface area contributed by atoms with E-state index in [9.17, 15) is 0 Å². The molecule has 0 spiro atoms. The Balaban J connectivity index is 3.42. The van der Waals surface area contributed by atoms with Crippen LogP contribution in [0.5, 0.6) is 0 Å². The maximum Gasteiger partial charge on any atom is 0.0883 e. The molecular weight excluding hydrogens is 124 g/mol. The van der Waals surface area contributed by atoms with Crippen molar-refractivity contribution < 1.29 is 5.11 Å². The summed E-state index contributed by atoms with van der Waals surface area (Å²) in [5.41, 5.74) is 0. The van der Waals surface area contributed by atoms with Crippen LogP contribution in [0.25, 0.3) is 0 Å². The molecule has 0 saturated carbocycles. The highest BCUT2D eigenvalue weighted by Crippen LogP contribution is 1.97. The van der Waals surface area contributed by atoms with Gasteiger partial charge in [-0.1, -0.05) is 26.0 Å². The van der Waals surface area contributed by atoms with E-state index in [0.29, 0.717) is 5.76 Å². The molecule has 0 aromatic heterocycles. The van der Waals surface area contributed by atoms with Crippen LogP contribution in [0, 0.1) is 0 Å². The van der Waals surface area contributed by atoms with E-state index in [-0.39, 0.29) is 0 Å². The number of aliphatic hydroxyl groups excluding tert-OH is 1. The number of hydrogen-bond donors (Lipinski definition) is 1. The van der Waals surface area contributed by atoms with Gasteiger partial charge in [0, 0.05) is 6.42 Å². The summed E-state index contributed by atoms with van der Waals surface area (Å²) < 4.78 is 0. The average Bonchev–Trinajstić information content (AvgIpc) is 1.98. The van der Waals surface area contributed by atoms with Gasteiger partial charge >= 0.3 is 0 Å². The van der Waals surface area contributed by atoms with Crippen molar-refractivity contribution in [1.29, 1.82) is 0 Å². The molecule has 0 atom stereocenters. The summed E-state index contributed by atoms with van der Waals surface area (Å²) in [6.45, 7) is 4.04. The molecule has 0 radical (unpaired) electrons. The summed E-state index contributed by atoms with van der Waals surface area (Å²) in [5, 5.41) is 8.98. The molecule has 1 N–H and O–H groups in total. The van der Waals surface area contributed by atoms with Crippen LogP contribution < -0.4 is 0 Å². The van der Waals surface area contributed by atoms with E-state index in [4.69, 9.17) is 5.11 Å². The van der Waals surface area contributed by atoms with Crippen molar-refractivity contribution >= 4 is 0 Å². The van der Waals surface area contributed by atoms with Gasteiger partial charge in [0.2, 0.25) is 0 Å². The monoisotopic (exact) mass is 140 g/mol. The summed E-state index contributed by atoms with van der Waals surface area (Å²) in [6.07, 6.45) is 8.66. The lowest BCUT2D eigenvalue weighted by molar-refractivity contribution is 0.392. The minimum atomic E-state index is 0.487. The van der Waals surface area contributed by atoms with Crippen molar-refractivity contribution in [2.24, 2.45) is 0 Å². The lowest BCUT2D eigenvalue weighted by Crippen LogP contribution is -1.74. The topological polar surface area (TPSA) is 20.2 Å². The molecular formula is C9H16O. The predicted molar refractivity (Wildman–Crippen MR) is 45.1 cm³/mol. The Bertz CT molecular complexity index is 123. The van der Waals surface area contributed by atoms with Gasteiger partial charge in [0.05, 0.1) is 5.76 Å². The van der Waals surface area contributed by atoms with E-state index in [1.54, 1.807) is 0 Å². The Kier molecular flexibility index (Phi) is 5.94. The number of allylic oxidation sites excluding steroid dienone is 4. The van der Waals surface area contributed by atoms with E-state index in [0.717, 1.165) is 19.3 Å². The molecule has 0 aromatic carbocycles. The zero-order chi connectivity index (χ0) is 7.82. The van der Waals surface area contributed by atoms with Crippen molar-refractivity contribution in [3.8, 4) is 0 Å². The van der Waals surface area contributed by atoms with Crippen molar-refractivity contribution in [3.05, 3.63) is 24.0 Å². The van der Waals surface area contributed by atoms with Gasteiger partial charge in [-0.25, -0.2) is 0 Å². The Labute approximate surface area is 63.1 Å². The van der Waals surface area contributed by atoms with E-state index in [1.165, 1.54) is 0 Å². The van der Waals surface area contributed by atoms with Crippen LogP contribution in [-0.4, -0.2) is 5.11 Å². The Morgan fingerprint density at radius 3 is 2.50 bits per heavy atom. The first-order valence-electron chi connectivity index (χ1n) is 3.84. The molecule has 0 fully saturated rings. The first-order chi connectivity index (χ1) is 4.81. The molecule has 0 aromatic rings. The van der Waals surface area contributed by atoms with Crippen LogP contribution in [0.2, 0.25) is 0 Å². The summed E-state index contributed by atoms with van der Waals surface area (Å²) in [6, 6.07) is 0. The highest BCUT2D eigenvalue weighted by Gasteiger charge is 1.82. The fraction of sp³-hybridized carbons (Fsp3) is 0.556. The van der Waals surface area contributed by atoms with Gasteiger partial charge in [0.25, 0.3) is 0 Å². The zero-order valence-electron chi connectivity index (χ0n) is 6.80. The fourth-order valence-corrected chi connectivity index (χ4v) is 0.611. The Hall–Kier alpha value is -0.720. The Morgan fingerprint density at radius 2 is 2.00 bits per heavy atom. The number of aliphatic hydroxyl groups is 1. The molecule has 0 unspecified atom stereocenters. The molecule has 0 rings (SSSR count). The maximum atomic E-state index is 8.98. The standard InChI is InChI=1S/C9H16O/c1-3-5-6-7-8-9(10)4-2/h5-6,8,10H,3-4,7H2,1-2H3/b6-5+,9-8+. The maximum absolute atomic E-state index is 8.98. The molecule has 0 aliphatic rings. The number of hydrogen-bond acceptors (Lipinski definition) is 1. The van der Waals surface area contributed by atoms with Crippen molar-refractivity contribution in [1.82, 2.24) is 0 Å². The lowest BCUT2D eigenvalue weighted by atomic mass is 10.3. The van der Waals surface area contributed by atoms with Crippen LogP contribution in [0.4, 0.5) is 0 Å². The second-order valence-corrected chi connectivity index (χ2v) is 2.16. The van der Waals surface area contributed by atoms with Crippen LogP contribution in [0.3, 0.4) is 0 Å². The molecule has 10 heavy (non-hydrogen) atoms. The SMILES string of the molecule is CC/C=C/C/C=C(/O)CC.